The molecule has 178 valence electrons. The Kier molecular flexibility index (Phi) is 7.93. The number of hydrogen-bond acceptors (Lipinski definition) is 6. The van der Waals surface area contributed by atoms with Crippen molar-refractivity contribution in [3.63, 3.8) is 0 Å². The van der Waals surface area contributed by atoms with E-state index in [1.54, 1.807) is 6.92 Å². The Hall–Kier alpha value is -2.51. The average molecular weight is 452 g/mol. The molecule has 4 N–H and O–H groups in total. The van der Waals surface area contributed by atoms with Gasteiger partial charge in [0.05, 0.1) is 12.2 Å². The number of allylic oxidation sites excluding steroid dienone is 1. The molecule has 1 aliphatic heterocycles. The zero-order valence-electron chi connectivity index (χ0n) is 19.8. The number of amides is 1. The summed E-state index contributed by atoms with van der Waals surface area (Å²) in [4.78, 5) is 24.1. The summed E-state index contributed by atoms with van der Waals surface area (Å²) < 4.78 is 0. The summed E-state index contributed by atoms with van der Waals surface area (Å²) in [7, 11) is 1.97. The van der Waals surface area contributed by atoms with Gasteiger partial charge in [-0.2, -0.15) is 5.10 Å². The van der Waals surface area contributed by atoms with Crippen LogP contribution in [0.4, 0.5) is 0 Å². The van der Waals surface area contributed by atoms with Crippen LogP contribution in [-0.2, 0) is 16.1 Å². The van der Waals surface area contributed by atoms with Gasteiger partial charge in [0.1, 0.15) is 5.78 Å². The highest BCUT2D eigenvalue weighted by atomic mass is 16.2. The fraction of sp³-hybridized carbons (Fsp3) is 0.577. The molecule has 2 saturated carbocycles. The van der Waals surface area contributed by atoms with Crippen molar-refractivity contribution < 1.29 is 9.59 Å². The predicted octanol–water partition coefficient (Wildman–Crippen LogP) is 2.44. The van der Waals surface area contributed by atoms with Crippen LogP contribution < -0.4 is 21.4 Å². The molecule has 2 fully saturated rings. The maximum Gasteiger partial charge on any atom is 0.223 e. The van der Waals surface area contributed by atoms with Crippen molar-refractivity contribution in [2.24, 2.45) is 28.8 Å². The van der Waals surface area contributed by atoms with Crippen molar-refractivity contribution in [1.82, 2.24) is 21.4 Å². The van der Waals surface area contributed by atoms with Crippen molar-refractivity contribution in [2.45, 2.75) is 45.6 Å². The average Bonchev–Trinajstić information content (AvgIpc) is 3.41. The van der Waals surface area contributed by atoms with Gasteiger partial charge in [0, 0.05) is 31.1 Å². The summed E-state index contributed by atoms with van der Waals surface area (Å²) in [6.45, 7) is 4.44. The van der Waals surface area contributed by atoms with Gasteiger partial charge in [-0.1, -0.05) is 30.7 Å². The molecule has 3 aliphatic rings. The van der Waals surface area contributed by atoms with Crippen LogP contribution >= 0.6 is 0 Å². The van der Waals surface area contributed by atoms with E-state index in [4.69, 9.17) is 0 Å². The highest BCUT2D eigenvalue weighted by molar-refractivity contribution is 5.85. The third kappa shape index (κ3) is 5.53. The first-order chi connectivity index (χ1) is 16.1. The standard InChI is InChI=1S/C26H37N5O2/c1-17(32)14-28-15-18-6-8-19(9-7-18)25-24-21-12-20(23(24)16-30-31-25)13-22(21)26(33)29-11-5-3-4-10-27-2/h6-9,16,20-23,27-28,31H,3-5,10-15H2,1-2H3,(H,29,33). The molecule has 1 heterocycles. The van der Waals surface area contributed by atoms with E-state index < -0.39 is 0 Å². The molecule has 7 heteroatoms. The van der Waals surface area contributed by atoms with E-state index in [-0.39, 0.29) is 23.5 Å². The van der Waals surface area contributed by atoms with E-state index in [1.807, 2.05) is 13.3 Å². The van der Waals surface area contributed by atoms with Crippen LogP contribution in [0.3, 0.4) is 0 Å². The summed E-state index contributed by atoms with van der Waals surface area (Å²) in [5, 5.41) is 14.0. The van der Waals surface area contributed by atoms with E-state index in [2.05, 4.69) is 50.7 Å². The van der Waals surface area contributed by atoms with Crippen LogP contribution in [0.25, 0.3) is 5.70 Å². The van der Waals surface area contributed by atoms with E-state index in [9.17, 15) is 9.59 Å². The summed E-state index contributed by atoms with van der Waals surface area (Å²) in [6, 6.07) is 8.42. The molecule has 4 rings (SSSR count). The molecule has 0 spiro atoms. The van der Waals surface area contributed by atoms with Gasteiger partial charge in [0.2, 0.25) is 5.91 Å². The van der Waals surface area contributed by atoms with Gasteiger partial charge in [-0.05, 0) is 74.7 Å². The van der Waals surface area contributed by atoms with Gasteiger partial charge in [-0.25, -0.2) is 0 Å². The molecule has 33 heavy (non-hydrogen) atoms. The maximum absolute atomic E-state index is 13.0. The highest BCUT2D eigenvalue weighted by Gasteiger charge is 2.53. The molecule has 1 aromatic rings. The second-order valence-corrected chi connectivity index (χ2v) is 9.65. The first-order valence-electron chi connectivity index (χ1n) is 12.3. The van der Waals surface area contributed by atoms with Crippen molar-refractivity contribution >= 4 is 23.6 Å². The number of hydrazone groups is 1. The second-order valence-electron chi connectivity index (χ2n) is 9.65. The summed E-state index contributed by atoms with van der Waals surface area (Å²) in [6.07, 6.45) is 7.39. The molecule has 1 amide bonds. The van der Waals surface area contributed by atoms with Gasteiger partial charge in [0.15, 0.2) is 0 Å². The number of rotatable bonds is 12. The Morgan fingerprint density at radius 3 is 2.64 bits per heavy atom. The Balaban J connectivity index is 1.41. The van der Waals surface area contributed by atoms with Crippen LogP contribution in [0, 0.1) is 23.7 Å². The minimum atomic E-state index is 0.0666. The molecule has 7 nitrogen and oxygen atoms in total. The number of fused-ring (bicyclic) bond motifs is 5. The largest absolute Gasteiger partial charge is 0.356 e. The number of benzene rings is 1. The fourth-order valence-corrected chi connectivity index (χ4v) is 5.66. The fourth-order valence-electron chi connectivity index (χ4n) is 5.66. The number of Topliss-reactive ketones (excluding diaryl/α,β-unsaturated/α-hetero) is 1. The van der Waals surface area contributed by atoms with Gasteiger partial charge in [0.25, 0.3) is 0 Å². The number of carbonyl (C=O) groups excluding carboxylic acids is 2. The highest BCUT2D eigenvalue weighted by Crippen LogP contribution is 2.56. The molecule has 1 aromatic carbocycles. The maximum atomic E-state index is 13.0. The van der Waals surface area contributed by atoms with Crippen LogP contribution in [-0.4, -0.2) is 44.6 Å². The zero-order valence-corrected chi connectivity index (χ0v) is 19.8. The number of nitrogens with one attached hydrogen (secondary N) is 4. The van der Waals surface area contributed by atoms with E-state index >= 15 is 0 Å². The van der Waals surface area contributed by atoms with Crippen molar-refractivity contribution in [1.29, 1.82) is 0 Å². The number of ketones is 1. The number of unbranched alkanes of at least 4 members (excludes halogenated alkanes) is 2. The van der Waals surface area contributed by atoms with Crippen LogP contribution in [0.5, 0.6) is 0 Å². The second kappa shape index (κ2) is 11.1. The topological polar surface area (TPSA) is 94.6 Å². The molecule has 0 aromatic heterocycles. The molecule has 0 saturated heterocycles. The SMILES string of the molecule is CNCCCCCNC(=O)C1CC2CC1C1=C(c3ccc(CNCC(C)=O)cc3)NN=CC12. The summed E-state index contributed by atoms with van der Waals surface area (Å²) >= 11 is 0. The van der Waals surface area contributed by atoms with Gasteiger partial charge in [-0.15, -0.1) is 0 Å². The number of hydrogen-bond donors (Lipinski definition) is 4. The molecular weight excluding hydrogens is 414 g/mol. The quantitative estimate of drug-likeness (QED) is 0.366. The van der Waals surface area contributed by atoms with Crippen molar-refractivity contribution in [3.8, 4) is 0 Å². The minimum Gasteiger partial charge on any atom is -0.356 e. The van der Waals surface area contributed by atoms with Gasteiger partial charge < -0.3 is 16.0 Å². The number of nitrogens with zero attached hydrogens (tertiary/aromatic N) is 1. The van der Waals surface area contributed by atoms with E-state index in [1.165, 1.54) is 5.57 Å². The summed E-state index contributed by atoms with van der Waals surface area (Å²) in [5.41, 5.74) is 7.93. The van der Waals surface area contributed by atoms with E-state index in [0.717, 1.165) is 62.0 Å². The van der Waals surface area contributed by atoms with Crippen LogP contribution in [0.1, 0.15) is 50.2 Å². The summed E-state index contributed by atoms with van der Waals surface area (Å²) in [5.74, 6) is 1.56. The number of carbonyl (C=O) groups is 2. The zero-order chi connectivity index (χ0) is 23.2. The molecule has 4 atom stereocenters. The third-order valence-electron chi connectivity index (χ3n) is 7.25. The molecule has 2 bridgehead atoms. The molecule has 0 radical (unpaired) electrons. The van der Waals surface area contributed by atoms with Crippen LogP contribution in [0.15, 0.2) is 34.9 Å². The lowest BCUT2D eigenvalue weighted by molar-refractivity contribution is -0.126. The molecule has 2 aliphatic carbocycles. The Morgan fingerprint density at radius 2 is 1.88 bits per heavy atom. The first-order valence-corrected chi connectivity index (χ1v) is 12.3. The first kappa shape index (κ1) is 23.6. The lowest BCUT2D eigenvalue weighted by Gasteiger charge is -2.32. The Labute approximate surface area is 196 Å². The lowest BCUT2D eigenvalue weighted by Crippen LogP contribution is -2.38. The predicted molar refractivity (Wildman–Crippen MR) is 131 cm³/mol. The monoisotopic (exact) mass is 451 g/mol. The normalized spacial score (nSPS) is 25.2. The Morgan fingerprint density at radius 1 is 1.09 bits per heavy atom. The minimum absolute atomic E-state index is 0.0666. The van der Waals surface area contributed by atoms with Crippen molar-refractivity contribution in [3.05, 3.63) is 41.0 Å². The van der Waals surface area contributed by atoms with Crippen molar-refractivity contribution in [2.75, 3.05) is 26.7 Å². The van der Waals surface area contributed by atoms with Gasteiger partial charge in [-0.3, -0.25) is 15.0 Å². The van der Waals surface area contributed by atoms with Crippen LogP contribution in [0.2, 0.25) is 0 Å². The Bertz CT molecular complexity index is 908. The molecular formula is C26H37N5O2. The third-order valence-corrected chi connectivity index (χ3v) is 7.25. The lowest BCUT2D eigenvalue weighted by atomic mass is 9.76. The molecule has 4 unspecified atom stereocenters. The van der Waals surface area contributed by atoms with E-state index in [0.29, 0.717) is 24.9 Å². The van der Waals surface area contributed by atoms with Gasteiger partial charge >= 0.3 is 0 Å². The smallest absolute Gasteiger partial charge is 0.223 e.